The summed E-state index contributed by atoms with van der Waals surface area (Å²) in [6.45, 7) is -0.396. The number of fused-ring (bicyclic) bond motifs is 1. The fourth-order valence-electron chi connectivity index (χ4n) is 2.70. The van der Waals surface area contributed by atoms with Gasteiger partial charge >= 0.3 is 11.7 Å². The smallest absolute Gasteiger partial charge is 0.329 e. The monoisotopic (exact) mass is 317 g/mol. The molecule has 3 rings (SSSR count). The van der Waals surface area contributed by atoms with E-state index in [1.807, 2.05) is 0 Å². The summed E-state index contributed by atoms with van der Waals surface area (Å²) in [7, 11) is 0. The van der Waals surface area contributed by atoms with Gasteiger partial charge in [-0.1, -0.05) is 12.1 Å². The van der Waals surface area contributed by atoms with Crippen molar-refractivity contribution in [3.8, 4) is 0 Å². The topological polar surface area (TPSA) is 121 Å². The van der Waals surface area contributed by atoms with Crippen molar-refractivity contribution in [1.82, 2.24) is 14.9 Å². The fraction of sp³-hybridized carbons (Fsp3) is 0.333. The van der Waals surface area contributed by atoms with Crippen LogP contribution < -0.4 is 16.6 Å². The van der Waals surface area contributed by atoms with Crippen molar-refractivity contribution in [3.05, 3.63) is 45.1 Å². The maximum atomic E-state index is 12.3. The molecule has 1 aliphatic rings. The first kappa shape index (κ1) is 15.0. The van der Waals surface area contributed by atoms with Crippen LogP contribution in [0.5, 0.6) is 0 Å². The largest absolute Gasteiger partial charge is 0.481 e. The number of carbonyl (C=O) groups is 2. The number of carboxylic acids is 1. The van der Waals surface area contributed by atoms with Crippen molar-refractivity contribution in [2.24, 2.45) is 5.92 Å². The molecule has 1 aliphatic carbocycles. The first-order valence-electron chi connectivity index (χ1n) is 7.19. The lowest BCUT2D eigenvalue weighted by atomic mass is 9.80. The Hall–Kier alpha value is -2.90. The van der Waals surface area contributed by atoms with Crippen molar-refractivity contribution in [2.45, 2.75) is 25.4 Å². The van der Waals surface area contributed by atoms with E-state index in [0.717, 1.165) is 4.57 Å². The van der Waals surface area contributed by atoms with E-state index in [1.165, 1.54) is 0 Å². The predicted octanol–water partition coefficient (Wildman–Crippen LogP) is -0.331. The van der Waals surface area contributed by atoms with Crippen LogP contribution in [0.4, 0.5) is 0 Å². The SMILES string of the molecule is O=C(Cn1c(=O)[nH]c2ccccc2c1=O)NC1CC(C(=O)O)C1. The molecule has 1 heterocycles. The zero-order valence-corrected chi connectivity index (χ0v) is 12.1. The maximum absolute atomic E-state index is 12.3. The number of amides is 1. The third-order valence-electron chi connectivity index (χ3n) is 4.04. The van der Waals surface area contributed by atoms with Gasteiger partial charge in [0.2, 0.25) is 5.91 Å². The van der Waals surface area contributed by atoms with Gasteiger partial charge in [0.05, 0.1) is 16.8 Å². The Balaban J connectivity index is 1.74. The highest BCUT2D eigenvalue weighted by molar-refractivity contribution is 5.79. The van der Waals surface area contributed by atoms with Crippen LogP contribution in [0, 0.1) is 5.92 Å². The van der Waals surface area contributed by atoms with Gasteiger partial charge in [-0.15, -0.1) is 0 Å². The molecule has 1 fully saturated rings. The van der Waals surface area contributed by atoms with Gasteiger partial charge in [-0.25, -0.2) is 4.79 Å². The first-order valence-corrected chi connectivity index (χ1v) is 7.19. The van der Waals surface area contributed by atoms with Gasteiger partial charge in [-0.2, -0.15) is 0 Å². The van der Waals surface area contributed by atoms with E-state index in [2.05, 4.69) is 10.3 Å². The molecule has 0 bridgehead atoms. The highest BCUT2D eigenvalue weighted by Gasteiger charge is 2.35. The van der Waals surface area contributed by atoms with E-state index in [9.17, 15) is 19.2 Å². The zero-order valence-electron chi connectivity index (χ0n) is 12.1. The van der Waals surface area contributed by atoms with E-state index >= 15 is 0 Å². The molecule has 3 N–H and O–H groups in total. The maximum Gasteiger partial charge on any atom is 0.329 e. The van der Waals surface area contributed by atoms with Gasteiger partial charge in [0.25, 0.3) is 5.56 Å². The zero-order chi connectivity index (χ0) is 16.6. The number of carboxylic acid groups (broad SMARTS) is 1. The number of para-hydroxylation sites is 1. The number of aliphatic carboxylic acids is 1. The van der Waals surface area contributed by atoms with E-state index in [4.69, 9.17) is 5.11 Å². The average molecular weight is 317 g/mol. The van der Waals surface area contributed by atoms with Crippen LogP contribution >= 0.6 is 0 Å². The lowest BCUT2D eigenvalue weighted by Gasteiger charge is -2.32. The second-order valence-corrected chi connectivity index (χ2v) is 5.64. The summed E-state index contributed by atoms with van der Waals surface area (Å²) >= 11 is 0. The summed E-state index contributed by atoms with van der Waals surface area (Å²) in [5.41, 5.74) is -0.764. The summed E-state index contributed by atoms with van der Waals surface area (Å²) in [6.07, 6.45) is 0.730. The minimum absolute atomic E-state index is 0.223. The third-order valence-corrected chi connectivity index (χ3v) is 4.04. The summed E-state index contributed by atoms with van der Waals surface area (Å²) in [5.74, 6) is -1.80. The number of rotatable bonds is 4. The van der Waals surface area contributed by atoms with Crippen LogP contribution in [0.25, 0.3) is 10.9 Å². The average Bonchev–Trinajstić information content (AvgIpc) is 2.46. The Morgan fingerprint density at radius 2 is 1.96 bits per heavy atom. The van der Waals surface area contributed by atoms with Crippen LogP contribution in [0.15, 0.2) is 33.9 Å². The van der Waals surface area contributed by atoms with Gasteiger partial charge < -0.3 is 15.4 Å². The molecule has 1 aromatic heterocycles. The quantitative estimate of drug-likeness (QED) is 0.713. The van der Waals surface area contributed by atoms with E-state index in [1.54, 1.807) is 24.3 Å². The van der Waals surface area contributed by atoms with Gasteiger partial charge in [0.15, 0.2) is 0 Å². The minimum Gasteiger partial charge on any atom is -0.481 e. The van der Waals surface area contributed by atoms with Crippen molar-refractivity contribution >= 4 is 22.8 Å². The van der Waals surface area contributed by atoms with Crippen molar-refractivity contribution in [1.29, 1.82) is 0 Å². The molecule has 0 atom stereocenters. The summed E-state index contributed by atoms with van der Waals surface area (Å²) < 4.78 is 0.838. The number of aromatic nitrogens is 2. The standard InChI is InChI=1S/C15H15N3O5/c19-12(16-9-5-8(6-9)14(21)22)7-18-13(20)10-3-1-2-4-11(10)17-15(18)23/h1-4,8-9H,5-7H2,(H,16,19)(H,17,23)(H,21,22). The van der Waals surface area contributed by atoms with Gasteiger partial charge in [-0.3, -0.25) is 19.0 Å². The normalized spacial score (nSPS) is 20.0. The number of aromatic amines is 1. The molecule has 120 valence electrons. The Kier molecular flexibility index (Phi) is 3.73. The molecule has 0 aliphatic heterocycles. The molecule has 8 heteroatoms. The van der Waals surface area contributed by atoms with Crippen molar-refractivity contribution in [2.75, 3.05) is 0 Å². The van der Waals surface area contributed by atoms with E-state index < -0.39 is 35.6 Å². The number of nitrogens with one attached hydrogen (secondary N) is 2. The lowest BCUT2D eigenvalue weighted by molar-refractivity contribution is -0.146. The molecule has 1 amide bonds. The lowest BCUT2D eigenvalue weighted by Crippen LogP contribution is -2.49. The Bertz CT molecular complexity index is 892. The van der Waals surface area contributed by atoms with Gasteiger partial charge in [-0.05, 0) is 25.0 Å². The van der Waals surface area contributed by atoms with Gasteiger partial charge in [0.1, 0.15) is 6.54 Å². The van der Waals surface area contributed by atoms with Crippen molar-refractivity contribution < 1.29 is 14.7 Å². The number of benzene rings is 1. The molecule has 0 spiro atoms. The van der Waals surface area contributed by atoms with Gasteiger partial charge in [0, 0.05) is 6.04 Å². The summed E-state index contributed by atoms with van der Waals surface area (Å²) in [6, 6.07) is 6.34. The molecule has 0 unspecified atom stereocenters. The van der Waals surface area contributed by atoms with E-state index in [0.29, 0.717) is 23.7 Å². The predicted molar refractivity (Wildman–Crippen MR) is 81.1 cm³/mol. The third kappa shape index (κ3) is 2.87. The molecular weight excluding hydrogens is 302 g/mol. The Morgan fingerprint density at radius 1 is 1.26 bits per heavy atom. The van der Waals surface area contributed by atoms with E-state index in [-0.39, 0.29) is 6.04 Å². The van der Waals surface area contributed by atoms with Crippen LogP contribution in [-0.4, -0.2) is 32.6 Å². The molecule has 1 aromatic carbocycles. The van der Waals surface area contributed by atoms with Crippen LogP contribution in [0.2, 0.25) is 0 Å². The highest BCUT2D eigenvalue weighted by atomic mass is 16.4. The molecular formula is C15H15N3O5. The number of nitrogens with zero attached hydrogens (tertiary/aromatic N) is 1. The molecule has 0 radical (unpaired) electrons. The second-order valence-electron chi connectivity index (χ2n) is 5.64. The molecule has 23 heavy (non-hydrogen) atoms. The van der Waals surface area contributed by atoms with Crippen LogP contribution in [-0.2, 0) is 16.1 Å². The molecule has 1 saturated carbocycles. The van der Waals surface area contributed by atoms with Crippen LogP contribution in [0.1, 0.15) is 12.8 Å². The van der Waals surface area contributed by atoms with Crippen molar-refractivity contribution in [3.63, 3.8) is 0 Å². The first-order chi connectivity index (χ1) is 11.0. The van der Waals surface area contributed by atoms with Crippen LogP contribution in [0.3, 0.4) is 0 Å². The highest BCUT2D eigenvalue weighted by Crippen LogP contribution is 2.27. The number of carbonyl (C=O) groups excluding carboxylic acids is 1. The molecule has 2 aromatic rings. The minimum atomic E-state index is -0.877. The summed E-state index contributed by atoms with van der Waals surface area (Å²) in [4.78, 5) is 49.5. The summed E-state index contributed by atoms with van der Waals surface area (Å²) in [5, 5.41) is 11.8. The molecule has 0 saturated heterocycles. The second kappa shape index (κ2) is 5.71. The molecule has 8 nitrogen and oxygen atoms in total. The number of hydrogen-bond acceptors (Lipinski definition) is 4. The Labute approximate surface area is 129 Å². The fourth-order valence-corrected chi connectivity index (χ4v) is 2.70. The number of H-pyrrole nitrogens is 1. The number of hydrogen-bond donors (Lipinski definition) is 3. The Morgan fingerprint density at radius 3 is 2.65 bits per heavy atom.